The number of benzene rings is 2. The lowest BCUT2D eigenvalue weighted by molar-refractivity contribution is -0.138. The molecule has 0 amide bonds. The Balaban J connectivity index is 0.00000243. The molecule has 0 spiro atoms. The molecule has 1 saturated heterocycles. The zero-order chi connectivity index (χ0) is 17.6. The zero-order valence-corrected chi connectivity index (χ0v) is 16.3. The summed E-state index contributed by atoms with van der Waals surface area (Å²) >= 11 is 0. The van der Waals surface area contributed by atoms with Crippen LogP contribution in [-0.4, -0.2) is 60.1 Å². The van der Waals surface area contributed by atoms with E-state index in [4.69, 9.17) is 5.11 Å². The average Bonchev–Trinajstić information content (AvgIpc) is 2.85. The van der Waals surface area contributed by atoms with Crippen molar-refractivity contribution in [1.82, 2.24) is 9.80 Å². The summed E-state index contributed by atoms with van der Waals surface area (Å²) in [5.74, 6) is -0.736. The van der Waals surface area contributed by atoms with Crippen molar-refractivity contribution in [3.63, 3.8) is 0 Å². The monoisotopic (exact) mass is 376 g/mol. The van der Waals surface area contributed by atoms with Gasteiger partial charge in [-0.3, -0.25) is 9.69 Å². The summed E-state index contributed by atoms with van der Waals surface area (Å²) in [6.45, 7) is 3.39. The molecule has 1 unspecified atom stereocenters. The fraction of sp³-hybridized carbons (Fsp3) is 0.476. The molecule has 4 nitrogen and oxygen atoms in total. The highest BCUT2D eigenvalue weighted by atomic mass is 35.5. The van der Waals surface area contributed by atoms with Crippen molar-refractivity contribution in [2.75, 3.05) is 33.2 Å². The summed E-state index contributed by atoms with van der Waals surface area (Å²) in [6, 6.07) is 15.6. The number of carbonyl (C=O) groups is 1. The number of hydrogen-bond acceptors (Lipinski definition) is 3. The molecule has 0 saturated carbocycles. The first-order valence-corrected chi connectivity index (χ1v) is 9.24. The molecule has 26 heavy (non-hydrogen) atoms. The number of aliphatic carboxylic acids is 1. The lowest BCUT2D eigenvalue weighted by atomic mass is 10.0. The fourth-order valence-electron chi connectivity index (χ4n) is 3.83. The molecule has 1 fully saturated rings. The molecule has 0 aromatic heterocycles. The van der Waals surface area contributed by atoms with Crippen LogP contribution in [0.3, 0.4) is 0 Å². The van der Waals surface area contributed by atoms with E-state index in [1.807, 2.05) is 11.9 Å². The van der Waals surface area contributed by atoms with Gasteiger partial charge in [0.15, 0.2) is 0 Å². The van der Waals surface area contributed by atoms with E-state index >= 15 is 0 Å². The van der Waals surface area contributed by atoms with Crippen LogP contribution in [0.2, 0.25) is 0 Å². The van der Waals surface area contributed by atoms with Crippen LogP contribution >= 0.6 is 12.4 Å². The van der Waals surface area contributed by atoms with Gasteiger partial charge < -0.3 is 10.0 Å². The Kier molecular flexibility index (Phi) is 7.88. The predicted molar refractivity (Wildman–Crippen MR) is 109 cm³/mol. The summed E-state index contributed by atoms with van der Waals surface area (Å²) < 4.78 is 0. The Morgan fingerprint density at radius 3 is 2.69 bits per heavy atom. The van der Waals surface area contributed by atoms with Crippen molar-refractivity contribution in [1.29, 1.82) is 0 Å². The Labute approximate surface area is 162 Å². The number of fused-ring (bicyclic) bond motifs is 1. The predicted octanol–water partition coefficient (Wildman–Crippen LogP) is 3.68. The maximum atomic E-state index is 10.9. The van der Waals surface area contributed by atoms with Gasteiger partial charge in [0, 0.05) is 12.6 Å². The molecular weight excluding hydrogens is 348 g/mol. The van der Waals surface area contributed by atoms with Crippen molar-refractivity contribution in [2.45, 2.75) is 31.7 Å². The normalized spacial score (nSPS) is 18.5. The third-order valence-electron chi connectivity index (χ3n) is 5.33. The number of nitrogens with zero attached hydrogens (tertiary/aromatic N) is 2. The molecule has 0 bridgehead atoms. The van der Waals surface area contributed by atoms with Gasteiger partial charge in [-0.15, -0.1) is 12.4 Å². The van der Waals surface area contributed by atoms with Crippen molar-refractivity contribution in [3.8, 4) is 0 Å². The molecule has 0 radical (unpaired) electrons. The summed E-state index contributed by atoms with van der Waals surface area (Å²) in [5, 5.41) is 11.6. The van der Waals surface area contributed by atoms with Gasteiger partial charge in [0.05, 0.1) is 6.54 Å². The number of carboxylic acids is 1. The van der Waals surface area contributed by atoms with Gasteiger partial charge in [-0.2, -0.15) is 0 Å². The van der Waals surface area contributed by atoms with Crippen LogP contribution in [-0.2, 0) is 11.2 Å². The van der Waals surface area contributed by atoms with Crippen molar-refractivity contribution >= 4 is 29.1 Å². The van der Waals surface area contributed by atoms with Crippen molar-refractivity contribution < 1.29 is 9.90 Å². The summed E-state index contributed by atoms with van der Waals surface area (Å²) in [6.07, 6.45) is 4.37. The third kappa shape index (κ3) is 5.70. The second-order valence-electron chi connectivity index (χ2n) is 7.17. The maximum absolute atomic E-state index is 10.9. The average molecular weight is 377 g/mol. The Morgan fingerprint density at radius 2 is 1.92 bits per heavy atom. The van der Waals surface area contributed by atoms with Crippen LogP contribution in [0.15, 0.2) is 42.5 Å². The second kappa shape index (κ2) is 9.91. The van der Waals surface area contributed by atoms with Crippen LogP contribution in [0.4, 0.5) is 0 Å². The van der Waals surface area contributed by atoms with Crippen LogP contribution < -0.4 is 0 Å². The Bertz CT molecular complexity index is 722. The van der Waals surface area contributed by atoms with E-state index < -0.39 is 5.97 Å². The maximum Gasteiger partial charge on any atom is 0.317 e. The van der Waals surface area contributed by atoms with Crippen LogP contribution in [0, 0.1) is 0 Å². The first-order valence-electron chi connectivity index (χ1n) is 9.24. The molecule has 1 aliphatic heterocycles. The lowest BCUT2D eigenvalue weighted by Crippen LogP contribution is -2.36. The van der Waals surface area contributed by atoms with E-state index in [1.54, 1.807) is 0 Å². The van der Waals surface area contributed by atoms with E-state index in [-0.39, 0.29) is 19.0 Å². The minimum absolute atomic E-state index is 0. The van der Waals surface area contributed by atoms with Gasteiger partial charge in [-0.1, -0.05) is 42.5 Å². The molecule has 1 aliphatic rings. The molecule has 2 aromatic rings. The minimum Gasteiger partial charge on any atom is -0.480 e. The molecule has 5 heteroatoms. The number of halogens is 1. The highest BCUT2D eigenvalue weighted by Gasteiger charge is 2.21. The van der Waals surface area contributed by atoms with Gasteiger partial charge in [0.25, 0.3) is 0 Å². The van der Waals surface area contributed by atoms with E-state index in [0.29, 0.717) is 6.04 Å². The number of carboxylic acid groups (broad SMARTS) is 1. The molecule has 3 rings (SSSR count). The summed E-state index contributed by atoms with van der Waals surface area (Å²) in [4.78, 5) is 15.4. The van der Waals surface area contributed by atoms with Crippen LogP contribution in [0.25, 0.3) is 10.8 Å². The molecule has 0 aliphatic carbocycles. The Hall–Kier alpha value is -1.62. The molecule has 1 N–H and O–H groups in total. The SMILES string of the molecule is CN(CC(=O)O)C1CCCN(CCc2ccc3ccccc3c2)CC1.Cl. The summed E-state index contributed by atoms with van der Waals surface area (Å²) in [7, 11) is 1.93. The topological polar surface area (TPSA) is 43.8 Å². The molecule has 1 heterocycles. The van der Waals surface area contributed by atoms with Crippen molar-refractivity contribution in [2.24, 2.45) is 0 Å². The van der Waals surface area contributed by atoms with Gasteiger partial charge in [0.2, 0.25) is 0 Å². The lowest BCUT2D eigenvalue weighted by Gasteiger charge is -2.25. The largest absolute Gasteiger partial charge is 0.480 e. The number of likely N-dealkylation sites (tertiary alicyclic amines) is 1. The summed E-state index contributed by atoms with van der Waals surface area (Å²) in [5.41, 5.74) is 1.39. The van der Waals surface area contributed by atoms with Gasteiger partial charge in [-0.05, 0) is 62.2 Å². The van der Waals surface area contributed by atoms with Crippen LogP contribution in [0.1, 0.15) is 24.8 Å². The minimum atomic E-state index is -0.736. The smallest absolute Gasteiger partial charge is 0.317 e. The first kappa shape index (κ1) is 20.7. The molecular formula is C21H29ClN2O2. The van der Waals surface area contributed by atoms with E-state index in [1.165, 1.54) is 16.3 Å². The third-order valence-corrected chi connectivity index (χ3v) is 5.33. The molecule has 142 valence electrons. The van der Waals surface area contributed by atoms with E-state index in [9.17, 15) is 4.79 Å². The molecule has 1 atom stereocenters. The quantitative estimate of drug-likeness (QED) is 0.835. The molecule has 2 aromatic carbocycles. The number of likely N-dealkylation sites (N-methyl/N-ethyl adjacent to an activating group) is 1. The highest BCUT2D eigenvalue weighted by Crippen LogP contribution is 2.18. The highest BCUT2D eigenvalue weighted by molar-refractivity contribution is 5.85. The van der Waals surface area contributed by atoms with Gasteiger partial charge in [0.1, 0.15) is 0 Å². The first-order chi connectivity index (χ1) is 12.1. The zero-order valence-electron chi connectivity index (χ0n) is 15.4. The van der Waals surface area contributed by atoms with Gasteiger partial charge in [-0.25, -0.2) is 0 Å². The number of hydrogen-bond donors (Lipinski definition) is 1. The Morgan fingerprint density at radius 1 is 1.15 bits per heavy atom. The number of rotatable bonds is 6. The van der Waals surface area contributed by atoms with E-state index in [2.05, 4.69) is 47.4 Å². The van der Waals surface area contributed by atoms with Gasteiger partial charge >= 0.3 is 5.97 Å². The van der Waals surface area contributed by atoms with E-state index in [0.717, 1.165) is 45.3 Å². The van der Waals surface area contributed by atoms with Crippen LogP contribution in [0.5, 0.6) is 0 Å². The van der Waals surface area contributed by atoms with Crippen molar-refractivity contribution in [3.05, 3.63) is 48.0 Å². The standard InChI is InChI=1S/C21H28N2O2.ClH/c1-22(16-21(24)25)20-7-4-12-23(14-11-20)13-10-17-8-9-18-5-2-3-6-19(18)15-17;/h2-3,5-6,8-9,15,20H,4,7,10-14,16H2,1H3,(H,24,25);1H. The fourth-order valence-corrected chi connectivity index (χ4v) is 3.83. The second-order valence-corrected chi connectivity index (χ2v) is 7.17.